The lowest BCUT2D eigenvalue weighted by molar-refractivity contribution is 0.0787. The normalized spacial score (nSPS) is 9.96. The molecule has 0 heterocycles. The van der Waals surface area contributed by atoms with Crippen LogP contribution in [0.15, 0.2) is 18.2 Å². The molecule has 0 unspecified atom stereocenters. The van der Waals surface area contributed by atoms with Gasteiger partial charge in [0, 0.05) is 36.6 Å². The number of ether oxygens (including phenoxy) is 2. The molecule has 1 aromatic rings. The van der Waals surface area contributed by atoms with Crippen LogP contribution in [0, 0.1) is 0 Å². The molecular formula is C16H24B2N4O6. The number of rotatable bonds is 11. The third-order valence-electron chi connectivity index (χ3n) is 3.18. The quantitative estimate of drug-likeness (QED) is 0.272. The van der Waals surface area contributed by atoms with Crippen molar-refractivity contribution in [1.29, 1.82) is 0 Å². The minimum atomic E-state index is -0.863. The number of carbonyl (C=O) groups is 3. The second-order valence-corrected chi connectivity index (χ2v) is 5.62. The largest absolute Gasteiger partial charge is 0.447 e. The van der Waals surface area contributed by atoms with Crippen molar-refractivity contribution < 1.29 is 28.9 Å². The van der Waals surface area contributed by atoms with Crippen LogP contribution >= 0.6 is 0 Å². The lowest BCUT2D eigenvalue weighted by Crippen LogP contribution is -2.35. The fourth-order valence-corrected chi connectivity index (χ4v) is 2.13. The van der Waals surface area contributed by atoms with E-state index in [2.05, 4.69) is 21.2 Å². The minimum Gasteiger partial charge on any atom is -0.447 e. The van der Waals surface area contributed by atoms with Crippen molar-refractivity contribution in [3.05, 3.63) is 23.8 Å². The molecule has 0 aliphatic heterocycles. The molecule has 0 aliphatic rings. The van der Waals surface area contributed by atoms with Gasteiger partial charge in [-0.25, -0.2) is 4.79 Å². The van der Waals surface area contributed by atoms with Gasteiger partial charge in [-0.2, -0.15) is 0 Å². The topological polar surface area (TPSA) is 138 Å². The molecular weight excluding hydrogens is 366 g/mol. The smallest absolute Gasteiger partial charge is 0.407 e. The second-order valence-electron chi connectivity index (χ2n) is 5.62. The number of carbonyl (C=O) groups excluding carboxylic acids is 3. The van der Waals surface area contributed by atoms with Crippen LogP contribution in [0.5, 0.6) is 0 Å². The number of amides is 3. The summed E-state index contributed by atoms with van der Waals surface area (Å²) in [7, 11) is 4.24. The van der Waals surface area contributed by atoms with E-state index in [1.54, 1.807) is 0 Å². The zero-order valence-electron chi connectivity index (χ0n) is 15.9. The monoisotopic (exact) mass is 390 g/mol. The number of anilines is 2. The number of hydrogen-bond donors (Lipinski definition) is 5. The first-order valence-electron chi connectivity index (χ1n) is 8.74. The van der Waals surface area contributed by atoms with E-state index in [9.17, 15) is 19.4 Å². The van der Waals surface area contributed by atoms with E-state index >= 15 is 0 Å². The van der Waals surface area contributed by atoms with Crippen molar-refractivity contribution in [3.63, 3.8) is 0 Å². The van der Waals surface area contributed by atoms with Crippen molar-refractivity contribution in [2.24, 2.45) is 0 Å². The maximum absolute atomic E-state index is 12.3. The SMILES string of the molecule is [B]C(=O)Nc1cc(NB(C)O)cc(C(=O)NCCNC(=O)OCCOCC)c1. The van der Waals surface area contributed by atoms with E-state index in [1.165, 1.54) is 25.0 Å². The van der Waals surface area contributed by atoms with Crippen LogP contribution in [-0.4, -0.2) is 70.6 Å². The summed E-state index contributed by atoms with van der Waals surface area (Å²) in [5.74, 6) is -1.22. The average Bonchev–Trinajstić information content (AvgIpc) is 2.61. The fourth-order valence-electron chi connectivity index (χ4n) is 2.13. The molecule has 0 fully saturated rings. The van der Waals surface area contributed by atoms with E-state index in [-0.39, 0.29) is 25.3 Å². The Morgan fingerprint density at radius 1 is 1.11 bits per heavy atom. The van der Waals surface area contributed by atoms with Crippen LogP contribution < -0.4 is 21.2 Å². The third-order valence-corrected chi connectivity index (χ3v) is 3.18. The van der Waals surface area contributed by atoms with E-state index in [4.69, 9.17) is 17.3 Å². The summed E-state index contributed by atoms with van der Waals surface area (Å²) in [6.45, 7) is 4.67. The fraction of sp³-hybridized carbons (Fsp3) is 0.438. The number of benzene rings is 1. The molecule has 1 rings (SSSR count). The highest BCUT2D eigenvalue weighted by molar-refractivity contribution is 6.60. The Bertz CT molecular complexity index is 675. The van der Waals surface area contributed by atoms with Crippen molar-refractivity contribution in [2.45, 2.75) is 13.7 Å². The van der Waals surface area contributed by atoms with Gasteiger partial charge in [0.1, 0.15) is 6.61 Å². The molecule has 0 aromatic heterocycles. The van der Waals surface area contributed by atoms with Crippen molar-refractivity contribution in [2.75, 3.05) is 43.5 Å². The zero-order valence-corrected chi connectivity index (χ0v) is 15.9. The molecule has 0 saturated heterocycles. The van der Waals surface area contributed by atoms with Gasteiger partial charge in [0.05, 0.1) is 6.61 Å². The first-order chi connectivity index (χ1) is 13.3. The standard InChI is InChI=1S/C16H24B2N4O6/c1-3-27-6-7-28-16(25)20-5-4-19-14(23)11-8-12(21-15(17)24)10-13(9-11)22-18(2)26/h8-10,22,26H,3-7H2,1-2H3,(H,19,23)(H,20,25)(H,21,24). The second kappa shape index (κ2) is 12.6. The average molecular weight is 390 g/mol. The molecule has 10 nitrogen and oxygen atoms in total. The van der Waals surface area contributed by atoms with Crippen LogP contribution in [-0.2, 0) is 9.47 Å². The zero-order chi connectivity index (χ0) is 20.9. The molecule has 0 atom stereocenters. The van der Waals surface area contributed by atoms with Gasteiger partial charge in [-0.05, 0) is 31.9 Å². The Balaban J connectivity index is 2.53. The van der Waals surface area contributed by atoms with Crippen LogP contribution in [0.1, 0.15) is 17.3 Å². The number of nitrogens with one attached hydrogen (secondary N) is 4. The highest BCUT2D eigenvalue weighted by Gasteiger charge is 2.12. The van der Waals surface area contributed by atoms with Gasteiger partial charge in [0.25, 0.3) is 5.91 Å². The van der Waals surface area contributed by atoms with Gasteiger partial charge < -0.3 is 35.7 Å². The first-order valence-corrected chi connectivity index (χ1v) is 8.74. The molecule has 0 aliphatic carbocycles. The molecule has 5 N–H and O–H groups in total. The minimum absolute atomic E-state index is 0.144. The van der Waals surface area contributed by atoms with Crippen molar-refractivity contribution >= 4 is 44.1 Å². The molecule has 0 bridgehead atoms. The van der Waals surface area contributed by atoms with Gasteiger partial charge in [-0.15, -0.1) is 0 Å². The summed E-state index contributed by atoms with van der Waals surface area (Å²) in [6, 6.07) is 4.46. The Morgan fingerprint density at radius 2 is 1.79 bits per heavy atom. The molecule has 12 heteroatoms. The Morgan fingerprint density at radius 3 is 2.43 bits per heavy atom. The third kappa shape index (κ3) is 9.83. The highest BCUT2D eigenvalue weighted by atomic mass is 16.6. The predicted octanol–water partition coefficient (Wildman–Crippen LogP) is 0.402. The summed E-state index contributed by atoms with van der Waals surface area (Å²) in [5.41, 5.74) is 0.940. The molecule has 1 aromatic carbocycles. The van der Waals surface area contributed by atoms with Crippen LogP contribution in [0.25, 0.3) is 0 Å². The van der Waals surface area contributed by atoms with E-state index in [1.807, 2.05) is 6.92 Å². The lowest BCUT2D eigenvalue weighted by atomic mass is 9.88. The van der Waals surface area contributed by atoms with Gasteiger partial charge in [-0.3, -0.25) is 9.59 Å². The van der Waals surface area contributed by atoms with Crippen LogP contribution in [0.4, 0.5) is 21.0 Å². The Kier molecular flexibility index (Phi) is 10.5. The molecule has 2 radical (unpaired) electrons. The highest BCUT2D eigenvalue weighted by Crippen LogP contribution is 2.19. The summed E-state index contributed by atoms with van der Waals surface area (Å²) in [5, 5.41) is 19.7. The van der Waals surface area contributed by atoms with Gasteiger partial charge in [0.2, 0.25) is 7.85 Å². The van der Waals surface area contributed by atoms with Crippen LogP contribution in [0.2, 0.25) is 6.82 Å². The summed E-state index contributed by atoms with van der Waals surface area (Å²) in [4.78, 5) is 34.8. The number of alkyl carbamates (subject to hydrolysis) is 1. The van der Waals surface area contributed by atoms with Crippen LogP contribution in [0.3, 0.4) is 0 Å². The van der Waals surface area contributed by atoms with Gasteiger partial charge >= 0.3 is 13.1 Å². The Labute approximate surface area is 165 Å². The predicted molar refractivity (Wildman–Crippen MR) is 107 cm³/mol. The van der Waals surface area contributed by atoms with Gasteiger partial charge in [-0.1, -0.05) is 0 Å². The van der Waals surface area contributed by atoms with Crippen molar-refractivity contribution in [1.82, 2.24) is 10.6 Å². The lowest BCUT2D eigenvalue weighted by Gasteiger charge is -2.13. The van der Waals surface area contributed by atoms with Gasteiger partial charge in [0.15, 0.2) is 5.81 Å². The van der Waals surface area contributed by atoms with E-state index in [0.717, 1.165) is 0 Å². The summed E-state index contributed by atoms with van der Waals surface area (Å²) < 4.78 is 9.91. The summed E-state index contributed by atoms with van der Waals surface area (Å²) in [6.07, 6.45) is -0.606. The van der Waals surface area contributed by atoms with E-state index < -0.39 is 24.9 Å². The van der Waals surface area contributed by atoms with E-state index in [0.29, 0.717) is 24.6 Å². The molecule has 0 spiro atoms. The maximum atomic E-state index is 12.3. The Hall–Kier alpha value is -2.72. The molecule has 0 saturated carbocycles. The molecule has 28 heavy (non-hydrogen) atoms. The summed E-state index contributed by atoms with van der Waals surface area (Å²) >= 11 is 0. The molecule has 150 valence electrons. The van der Waals surface area contributed by atoms with Crippen molar-refractivity contribution in [3.8, 4) is 0 Å². The first kappa shape index (κ1) is 23.3. The number of hydrogen-bond acceptors (Lipinski definition) is 7. The molecule has 3 amide bonds. The maximum Gasteiger partial charge on any atom is 0.407 e.